The Labute approximate surface area is 175 Å². The van der Waals surface area contributed by atoms with Gasteiger partial charge in [0.2, 0.25) is 10.0 Å². The predicted molar refractivity (Wildman–Crippen MR) is 117 cm³/mol. The van der Waals surface area contributed by atoms with E-state index in [1.54, 1.807) is 26.8 Å². The Bertz CT molecular complexity index is 1110. The number of thiazole rings is 1. The average Bonchev–Trinajstić information content (AvgIpc) is 3.18. The van der Waals surface area contributed by atoms with Crippen LogP contribution in [0.1, 0.15) is 29.8 Å². The first-order valence-electron chi connectivity index (χ1n) is 9.30. The first kappa shape index (κ1) is 21.2. The number of hydrogen-bond donors (Lipinski definition) is 1. The Kier molecular flexibility index (Phi) is 6.46. The van der Waals surface area contributed by atoms with Crippen LogP contribution in [0.2, 0.25) is 0 Å². The molecule has 1 aromatic heterocycles. The Hall–Kier alpha value is -2.55. The fourth-order valence-corrected chi connectivity index (χ4v) is 5.16. The molecule has 1 N–H and O–H groups in total. The van der Waals surface area contributed by atoms with Crippen molar-refractivity contribution in [3.63, 3.8) is 0 Å². The highest BCUT2D eigenvalue weighted by atomic mass is 32.2. The molecule has 0 spiro atoms. The molecule has 29 heavy (non-hydrogen) atoms. The minimum Gasteiger partial charge on any atom is -0.298 e. The van der Waals surface area contributed by atoms with Gasteiger partial charge in [-0.1, -0.05) is 50.2 Å². The zero-order valence-electron chi connectivity index (χ0n) is 16.5. The molecule has 2 aromatic carbocycles. The van der Waals surface area contributed by atoms with Crippen molar-refractivity contribution >= 4 is 32.4 Å². The maximum Gasteiger partial charge on any atom is 0.257 e. The van der Waals surface area contributed by atoms with Gasteiger partial charge in [0.15, 0.2) is 5.13 Å². The number of carbonyl (C=O) groups excluding carboxylic acids is 1. The SMILES string of the molecule is CCN(CC)S(=O)(=O)c1ccc(C)c(C(=O)Nc2nc(-c3ccccc3)cs2)c1. The molecule has 8 heteroatoms. The van der Waals surface area contributed by atoms with Gasteiger partial charge in [0, 0.05) is 29.6 Å². The summed E-state index contributed by atoms with van der Waals surface area (Å²) in [5.74, 6) is -0.381. The molecule has 0 radical (unpaired) electrons. The van der Waals surface area contributed by atoms with E-state index in [9.17, 15) is 13.2 Å². The van der Waals surface area contributed by atoms with E-state index in [0.29, 0.717) is 29.3 Å². The van der Waals surface area contributed by atoms with Crippen molar-refractivity contribution in [1.82, 2.24) is 9.29 Å². The zero-order valence-corrected chi connectivity index (χ0v) is 18.2. The maximum atomic E-state index is 12.8. The third-order valence-corrected chi connectivity index (χ3v) is 7.39. The molecule has 0 saturated carbocycles. The van der Waals surface area contributed by atoms with Crippen molar-refractivity contribution < 1.29 is 13.2 Å². The van der Waals surface area contributed by atoms with Gasteiger partial charge in [0.1, 0.15) is 0 Å². The van der Waals surface area contributed by atoms with Crippen LogP contribution in [-0.4, -0.2) is 36.7 Å². The summed E-state index contributed by atoms with van der Waals surface area (Å²) >= 11 is 1.33. The number of aromatic nitrogens is 1. The standard InChI is InChI=1S/C21H23N3O3S2/c1-4-24(5-2)29(26,27)17-12-11-15(3)18(13-17)20(25)23-21-22-19(14-28-21)16-9-7-6-8-10-16/h6-14H,4-5H2,1-3H3,(H,22,23,25). The van der Waals surface area contributed by atoms with Gasteiger partial charge in [0.25, 0.3) is 5.91 Å². The molecule has 3 aromatic rings. The van der Waals surface area contributed by atoms with Gasteiger partial charge >= 0.3 is 0 Å². The largest absolute Gasteiger partial charge is 0.298 e. The Morgan fingerprint density at radius 2 is 1.79 bits per heavy atom. The Morgan fingerprint density at radius 3 is 2.45 bits per heavy atom. The molecule has 0 aliphatic rings. The molecule has 0 unspecified atom stereocenters. The van der Waals surface area contributed by atoms with Crippen LogP contribution in [0, 0.1) is 6.92 Å². The molecule has 0 bridgehead atoms. The minimum atomic E-state index is -3.64. The number of sulfonamides is 1. The van der Waals surface area contributed by atoms with E-state index in [2.05, 4.69) is 10.3 Å². The second-order valence-corrected chi connectivity index (χ2v) is 9.22. The molecule has 1 amide bonds. The summed E-state index contributed by atoms with van der Waals surface area (Å²) in [6, 6.07) is 14.3. The van der Waals surface area contributed by atoms with Crippen LogP contribution in [-0.2, 0) is 10.0 Å². The highest BCUT2D eigenvalue weighted by molar-refractivity contribution is 7.89. The first-order valence-corrected chi connectivity index (χ1v) is 11.6. The third-order valence-electron chi connectivity index (χ3n) is 4.59. The van der Waals surface area contributed by atoms with Gasteiger partial charge < -0.3 is 0 Å². The van der Waals surface area contributed by atoms with Crippen LogP contribution >= 0.6 is 11.3 Å². The molecular weight excluding hydrogens is 406 g/mol. The van der Waals surface area contributed by atoms with Gasteiger partial charge in [-0.3, -0.25) is 10.1 Å². The smallest absolute Gasteiger partial charge is 0.257 e. The minimum absolute atomic E-state index is 0.112. The topological polar surface area (TPSA) is 79.4 Å². The number of hydrogen-bond acceptors (Lipinski definition) is 5. The number of anilines is 1. The van der Waals surface area contributed by atoms with Crippen LogP contribution in [0.25, 0.3) is 11.3 Å². The lowest BCUT2D eigenvalue weighted by atomic mass is 10.1. The molecule has 1 heterocycles. The van der Waals surface area contributed by atoms with E-state index < -0.39 is 10.0 Å². The average molecular weight is 430 g/mol. The number of nitrogens with one attached hydrogen (secondary N) is 1. The summed E-state index contributed by atoms with van der Waals surface area (Å²) in [6.45, 7) is 6.09. The van der Waals surface area contributed by atoms with Crippen LogP contribution < -0.4 is 5.32 Å². The molecule has 3 rings (SSSR count). The van der Waals surface area contributed by atoms with E-state index in [-0.39, 0.29) is 10.8 Å². The molecule has 152 valence electrons. The van der Waals surface area contributed by atoms with Crippen molar-refractivity contribution in [2.45, 2.75) is 25.7 Å². The van der Waals surface area contributed by atoms with Crippen LogP contribution in [0.3, 0.4) is 0 Å². The van der Waals surface area contributed by atoms with E-state index in [1.165, 1.54) is 27.8 Å². The fraction of sp³-hybridized carbons (Fsp3) is 0.238. The van der Waals surface area contributed by atoms with Gasteiger partial charge in [-0.2, -0.15) is 4.31 Å². The van der Waals surface area contributed by atoms with Gasteiger partial charge in [-0.25, -0.2) is 13.4 Å². The highest BCUT2D eigenvalue weighted by Crippen LogP contribution is 2.26. The molecule has 6 nitrogen and oxygen atoms in total. The van der Waals surface area contributed by atoms with E-state index in [1.807, 2.05) is 35.7 Å². The lowest BCUT2D eigenvalue weighted by Gasteiger charge is -2.19. The normalized spacial score (nSPS) is 11.6. The van der Waals surface area contributed by atoms with Crippen LogP contribution in [0.4, 0.5) is 5.13 Å². The lowest BCUT2D eigenvalue weighted by Crippen LogP contribution is -2.30. The quantitative estimate of drug-likeness (QED) is 0.604. The molecule has 0 atom stereocenters. The Balaban J connectivity index is 1.86. The zero-order chi connectivity index (χ0) is 21.0. The second-order valence-electron chi connectivity index (χ2n) is 6.42. The predicted octanol–water partition coefficient (Wildman–Crippen LogP) is 4.40. The summed E-state index contributed by atoms with van der Waals surface area (Å²) < 4.78 is 26.9. The summed E-state index contributed by atoms with van der Waals surface area (Å²) in [5.41, 5.74) is 2.75. The number of amides is 1. The Morgan fingerprint density at radius 1 is 1.10 bits per heavy atom. The van der Waals surface area contributed by atoms with Gasteiger partial charge in [0.05, 0.1) is 10.6 Å². The number of carbonyl (C=O) groups is 1. The molecule has 0 saturated heterocycles. The number of nitrogens with zero attached hydrogens (tertiary/aromatic N) is 2. The van der Waals surface area contributed by atoms with Crippen molar-refractivity contribution in [1.29, 1.82) is 0 Å². The first-order chi connectivity index (χ1) is 13.9. The highest BCUT2D eigenvalue weighted by Gasteiger charge is 2.23. The van der Waals surface area contributed by atoms with E-state index in [4.69, 9.17) is 0 Å². The van der Waals surface area contributed by atoms with E-state index >= 15 is 0 Å². The van der Waals surface area contributed by atoms with Crippen LogP contribution in [0.5, 0.6) is 0 Å². The maximum absolute atomic E-state index is 12.8. The molecule has 0 fully saturated rings. The fourth-order valence-electron chi connectivity index (χ4n) is 2.96. The van der Waals surface area contributed by atoms with Gasteiger partial charge in [-0.15, -0.1) is 11.3 Å². The summed E-state index contributed by atoms with van der Waals surface area (Å²) in [4.78, 5) is 17.4. The lowest BCUT2D eigenvalue weighted by molar-refractivity contribution is 0.102. The number of aryl methyl sites for hydroxylation is 1. The summed E-state index contributed by atoms with van der Waals surface area (Å²) in [5, 5.41) is 5.12. The van der Waals surface area contributed by atoms with Crippen molar-refractivity contribution in [3.8, 4) is 11.3 Å². The molecular formula is C21H23N3O3S2. The second kappa shape index (κ2) is 8.86. The van der Waals surface area contributed by atoms with Gasteiger partial charge in [-0.05, 0) is 24.6 Å². The molecule has 0 aliphatic heterocycles. The third kappa shape index (κ3) is 4.55. The number of rotatable bonds is 7. The number of benzene rings is 2. The molecule has 0 aliphatic carbocycles. The van der Waals surface area contributed by atoms with Crippen molar-refractivity contribution in [3.05, 3.63) is 65.0 Å². The van der Waals surface area contributed by atoms with Crippen molar-refractivity contribution in [2.75, 3.05) is 18.4 Å². The van der Waals surface area contributed by atoms with Crippen LogP contribution in [0.15, 0.2) is 58.8 Å². The van der Waals surface area contributed by atoms with Crippen molar-refractivity contribution in [2.24, 2.45) is 0 Å². The van der Waals surface area contributed by atoms with E-state index in [0.717, 1.165) is 11.3 Å². The monoisotopic (exact) mass is 429 g/mol. The summed E-state index contributed by atoms with van der Waals surface area (Å²) in [6.07, 6.45) is 0. The summed E-state index contributed by atoms with van der Waals surface area (Å²) in [7, 11) is -3.64.